The Labute approximate surface area is 110 Å². The Balaban J connectivity index is 2.70. The number of hydrogen-bond donors (Lipinski definition) is 0. The fourth-order valence-electron chi connectivity index (χ4n) is 1.98. The van der Waals surface area contributed by atoms with Crippen LogP contribution in [0.2, 0.25) is 0 Å². The maximum atomic E-state index is 12.1. The van der Waals surface area contributed by atoms with Crippen LogP contribution in [0.15, 0.2) is 24.3 Å². The molecule has 1 fully saturated rings. The second-order valence-electron chi connectivity index (χ2n) is 5.94. The molecule has 1 aliphatic heterocycles. The minimum absolute atomic E-state index is 0.144. The van der Waals surface area contributed by atoms with Gasteiger partial charge in [0.15, 0.2) is 0 Å². The lowest BCUT2D eigenvalue weighted by molar-refractivity contribution is 0.0149. The van der Waals surface area contributed by atoms with Crippen molar-refractivity contribution in [1.82, 2.24) is 4.90 Å². The van der Waals surface area contributed by atoms with Crippen molar-refractivity contribution in [2.75, 3.05) is 6.54 Å². The highest BCUT2D eigenvalue weighted by molar-refractivity contribution is 5.69. The molecule has 0 spiro atoms. The van der Waals surface area contributed by atoms with Crippen molar-refractivity contribution in [3.05, 3.63) is 24.3 Å². The molecule has 18 heavy (non-hydrogen) atoms. The minimum Gasteiger partial charge on any atom is -0.444 e. The molecule has 3 nitrogen and oxygen atoms in total. The second-order valence-corrected chi connectivity index (χ2v) is 5.94. The van der Waals surface area contributed by atoms with Gasteiger partial charge in [0.25, 0.3) is 0 Å². The van der Waals surface area contributed by atoms with E-state index in [0.29, 0.717) is 0 Å². The number of hydrogen-bond acceptors (Lipinski definition) is 2. The molecule has 0 bridgehead atoms. The third kappa shape index (κ3) is 4.94. The number of carbonyl (C=O) groups excluding carboxylic acids is 1. The molecule has 1 unspecified atom stereocenters. The van der Waals surface area contributed by atoms with Crippen molar-refractivity contribution < 1.29 is 9.53 Å². The molecule has 0 aromatic rings. The van der Waals surface area contributed by atoms with E-state index >= 15 is 0 Å². The average molecular weight is 251 g/mol. The van der Waals surface area contributed by atoms with Crippen LogP contribution < -0.4 is 0 Å². The maximum absolute atomic E-state index is 12.1. The number of piperidine rings is 1. The van der Waals surface area contributed by atoms with Crippen LogP contribution in [0, 0.1) is 0 Å². The van der Waals surface area contributed by atoms with Crippen LogP contribution in [0.25, 0.3) is 0 Å². The molecular weight excluding hydrogens is 226 g/mol. The average Bonchev–Trinajstić information content (AvgIpc) is 2.24. The first-order chi connectivity index (χ1) is 8.29. The molecular formula is C15H25NO2. The van der Waals surface area contributed by atoms with E-state index in [4.69, 9.17) is 4.74 Å². The standard InChI is InChI=1S/C15H25NO2/c1-12(2)9-10-13-8-6-7-11-16(13)14(17)18-15(3,4)5/h9-10,13H,1,6-8,11H2,2-5H3/b10-9+. The Bertz CT molecular complexity index is 339. The number of amides is 1. The summed E-state index contributed by atoms with van der Waals surface area (Å²) in [7, 11) is 0. The molecule has 0 aliphatic carbocycles. The van der Waals surface area contributed by atoms with E-state index in [1.807, 2.05) is 38.7 Å². The van der Waals surface area contributed by atoms with Gasteiger partial charge in [0.2, 0.25) is 0 Å². The van der Waals surface area contributed by atoms with Crippen LogP contribution in [0.1, 0.15) is 47.0 Å². The van der Waals surface area contributed by atoms with Gasteiger partial charge >= 0.3 is 6.09 Å². The molecule has 1 heterocycles. The summed E-state index contributed by atoms with van der Waals surface area (Å²) in [5.41, 5.74) is 0.571. The number of carbonyl (C=O) groups is 1. The smallest absolute Gasteiger partial charge is 0.410 e. The van der Waals surface area contributed by atoms with E-state index < -0.39 is 5.60 Å². The van der Waals surface area contributed by atoms with Crippen LogP contribution in [-0.2, 0) is 4.74 Å². The minimum atomic E-state index is -0.433. The number of likely N-dealkylation sites (tertiary alicyclic amines) is 1. The Kier molecular flexibility index (Phi) is 5.00. The van der Waals surface area contributed by atoms with E-state index in [-0.39, 0.29) is 12.1 Å². The van der Waals surface area contributed by atoms with Gasteiger partial charge in [0, 0.05) is 6.54 Å². The quantitative estimate of drug-likeness (QED) is 0.696. The molecule has 3 heteroatoms. The summed E-state index contributed by atoms with van der Waals surface area (Å²) in [6, 6.07) is 0.144. The van der Waals surface area contributed by atoms with Crippen molar-refractivity contribution in [2.45, 2.75) is 58.6 Å². The van der Waals surface area contributed by atoms with E-state index in [1.54, 1.807) is 0 Å². The Morgan fingerprint density at radius 2 is 2.06 bits per heavy atom. The molecule has 0 aromatic heterocycles. The Morgan fingerprint density at radius 1 is 1.39 bits per heavy atom. The summed E-state index contributed by atoms with van der Waals surface area (Å²) in [5.74, 6) is 0. The van der Waals surface area contributed by atoms with E-state index in [2.05, 4.69) is 12.7 Å². The molecule has 0 N–H and O–H groups in total. The van der Waals surface area contributed by atoms with E-state index in [9.17, 15) is 4.79 Å². The molecule has 1 aliphatic rings. The molecule has 1 saturated heterocycles. The highest BCUT2D eigenvalue weighted by Crippen LogP contribution is 2.21. The summed E-state index contributed by atoms with van der Waals surface area (Å²) in [6.07, 6.45) is 7.04. The Hall–Kier alpha value is -1.25. The van der Waals surface area contributed by atoms with Crippen LogP contribution in [0.5, 0.6) is 0 Å². The van der Waals surface area contributed by atoms with Crippen molar-refractivity contribution in [3.63, 3.8) is 0 Å². The van der Waals surface area contributed by atoms with Crippen molar-refractivity contribution in [2.24, 2.45) is 0 Å². The number of allylic oxidation sites excluding steroid dienone is 2. The fourth-order valence-corrected chi connectivity index (χ4v) is 1.98. The lowest BCUT2D eigenvalue weighted by atomic mass is 10.0. The topological polar surface area (TPSA) is 29.5 Å². The zero-order valence-electron chi connectivity index (χ0n) is 12.0. The molecule has 1 rings (SSSR count). The van der Waals surface area contributed by atoms with Crippen LogP contribution >= 0.6 is 0 Å². The van der Waals surface area contributed by atoms with Gasteiger partial charge in [-0.3, -0.25) is 0 Å². The third-order valence-corrected chi connectivity index (χ3v) is 2.78. The predicted octanol–water partition coefficient (Wildman–Crippen LogP) is 3.91. The van der Waals surface area contributed by atoms with Gasteiger partial charge in [-0.05, 0) is 47.0 Å². The Morgan fingerprint density at radius 3 is 2.61 bits per heavy atom. The molecule has 0 aromatic carbocycles. The maximum Gasteiger partial charge on any atom is 0.410 e. The van der Waals surface area contributed by atoms with Gasteiger partial charge in [-0.2, -0.15) is 0 Å². The fraction of sp³-hybridized carbons (Fsp3) is 0.667. The first-order valence-corrected chi connectivity index (χ1v) is 6.63. The van der Waals surface area contributed by atoms with E-state index in [0.717, 1.165) is 31.4 Å². The summed E-state index contributed by atoms with van der Waals surface area (Å²) < 4.78 is 5.44. The van der Waals surface area contributed by atoms with Gasteiger partial charge in [-0.1, -0.05) is 24.3 Å². The summed E-state index contributed by atoms with van der Waals surface area (Å²) in [6.45, 7) is 12.3. The summed E-state index contributed by atoms with van der Waals surface area (Å²) in [4.78, 5) is 13.9. The molecule has 102 valence electrons. The first-order valence-electron chi connectivity index (χ1n) is 6.63. The zero-order chi connectivity index (χ0) is 13.8. The van der Waals surface area contributed by atoms with Crippen molar-refractivity contribution >= 4 is 6.09 Å². The second kappa shape index (κ2) is 6.07. The van der Waals surface area contributed by atoms with E-state index in [1.165, 1.54) is 0 Å². The van der Waals surface area contributed by atoms with Gasteiger partial charge in [-0.25, -0.2) is 4.79 Å². The van der Waals surface area contributed by atoms with Crippen molar-refractivity contribution in [1.29, 1.82) is 0 Å². The van der Waals surface area contributed by atoms with Gasteiger partial charge < -0.3 is 9.64 Å². The molecule has 0 radical (unpaired) electrons. The predicted molar refractivity (Wildman–Crippen MR) is 74.5 cm³/mol. The van der Waals surface area contributed by atoms with Gasteiger partial charge in [0.1, 0.15) is 5.60 Å². The largest absolute Gasteiger partial charge is 0.444 e. The first kappa shape index (κ1) is 14.8. The van der Waals surface area contributed by atoms with Crippen LogP contribution in [0.3, 0.4) is 0 Å². The number of rotatable bonds is 2. The molecule has 0 saturated carbocycles. The van der Waals surface area contributed by atoms with Crippen LogP contribution in [-0.4, -0.2) is 29.2 Å². The monoisotopic (exact) mass is 251 g/mol. The van der Waals surface area contributed by atoms with Crippen molar-refractivity contribution in [3.8, 4) is 0 Å². The van der Waals surface area contributed by atoms with Gasteiger partial charge in [-0.15, -0.1) is 0 Å². The molecule has 1 amide bonds. The highest BCUT2D eigenvalue weighted by Gasteiger charge is 2.28. The van der Waals surface area contributed by atoms with Crippen LogP contribution in [0.4, 0.5) is 4.79 Å². The SMILES string of the molecule is C=C(C)/C=C/C1CCCCN1C(=O)OC(C)(C)C. The number of nitrogens with zero attached hydrogens (tertiary/aromatic N) is 1. The zero-order valence-corrected chi connectivity index (χ0v) is 12.0. The highest BCUT2D eigenvalue weighted by atomic mass is 16.6. The third-order valence-electron chi connectivity index (χ3n) is 2.78. The molecule has 1 atom stereocenters. The lowest BCUT2D eigenvalue weighted by Crippen LogP contribution is -2.45. The summed E-state index contributed by atoms with van der Waals surface area (Å²) >= 11 is 0. The lowest BCUT2D eigenvalue weighted by Gasteiger charge is -2.35. The summed E-state index contributed by atoms with van der Waals surface area (Å²) in [5, 5.41) is 0. The number of ether oxygens (including phenoxy) is 1. The normalized spacial score (nSPS) is 21.1. The van der Waals surface area contributed by atoms with Gasteiger partial charge in [0.05, 0.1) is 6.04 Å².